The molecule has 1 aromatic heterocycles. The van der Waals surface area contributed by atoms with Gasteiger partial charge in [0.15, 0.2) is 0 Å². The minimum absolute atomic E-state index is 0.365. The van der Waals surface area contributed by atoms with Gasteiger partial charge in [0.1, 0.15) is 10.6 Å². The third-order valence-electron chi connectivity index (χ3n) is 3.75. The SMILES string of the molecule is Cc1ccc(-c2cccc(Sc3cnc(CNC(=O)OC(C)(C)C)s3)c2)cc1. The van der Waals surface area contributed by atoms with Crippen LogP contribution >= 0.6 is 23.1 Å². The summed E-state index contributed by atoms with van der Waals surface area (Å²) in [4.78, 5) is 17.3. The molecule has 0 saturated heterocycles. The van der Waals surface area contributed by atoms with Crippen LogP contribution in [0.25, 0.3) is 11.1 Å². The Bertz CT molecular complexity index is 944. The number of hydrogen-bond donors (Lipinski definition) is 1. The number of hydrogen-bond acceptors (Lipinski definition) is 5. The maximum absolute atomic E-state index is 11.8. The second-order valence-electron chi connectivity index (χ2n) is 7.42. The lowest BCUT2D eigenvalue weighted by Gasteiger charge is -2.19. The van der Waals surface area contributed by atoms with Gasteiger partial charge in [-0.25, -0.2) is 9.78 Å². The van der Waals surface area contributed by atoms with Gasteiger partial charge in [-0.1, -0.05) is 53.7 Å². The number of amides is 1. The van der Waals surface area contributed by atoms with Crippen LogP contribution in [0.15, 0.2) is 63.8 Å². The van der Waals surface area contributed by atoms with E-state index in [2.05, 4.69) is 65.8 Å². The van der Waals surface area contributed by atoms with Gasteiger partial charge in [0, 0.05) is 4.90 Å². The largest absolute Gasteiger partial charge is 0.444 e. The summed E-state index contributed by atoms with van der Waals surface area (Å²) in [6, 6.07) is 17.0. The van der Waals surface area contributed by atoms with Gasteiger partial charge in [-0.3, -0.25) is 0 Å². The van der Waals surface area contributed by atoms with Crippen molar-refractivity contribution < 1.29 is 9.53 Å². The minimum Gasteiger partial charge on any atom is -0.444 e. The quantitative estimate of drug-likeness (QED) is 0.535. The monoisotopic (exact) mass is 412 g/mol. The average Bonchev–Trinajstić information content (AvgIpc) is 3.07. The summed E-state index contributed by atoms with van der Waals surface area (Å²) in [7, 11) is 0. The summed E-state index contributed by atoms with van der Waals surface area (Å²) in [5, 5.41) is 3.60. The number of nitrogens with zero attached hydrogens (tertiary/aromatic N) is 1. The molecule has 1 amide bonds. The molecule has 3 aromatic rings. The molecule has 2 aromatic carbocycles. The molecule has 0 unspecified atom stereocenters. The first-order valence-corrected chi connectivity index (χ1v) is 10.7. The van der Waals surface area contributed by atoms with Crippen molar-refractivity contribution in [3.8, 4) is 11.1 Å². The number of thiazole rings is 1. The molecule has 0 saturated carbocycles. The number of carbonyl (C=O) groups excluding carboxylic acids is 1. The van der Waals surface area contributed by atoms with Crippen LogP contribution in [-0.2, 0) is 11.3 Å². The van der Waals surface area contributed by atoms with E-state index in [1.54, 1.807) is 23.1 Å². The van der Waals surface area contributed by atoms with Crippen molar-refractivity contribution in [3.05, 3.63) is 65.3 Å². The van der Waals surface area contributed by atoms with E-state index < -0.39 is 11.7 Å². The summed E-state index contributed by atoms with van der Waals surface area (Å²) in [6.45, 7) is 7.99. The molecule has 0 spiro atoms. The van der Waals surface area contributed by atoms with Gasteiger partial charge in [0.05, 0.1) is 17.0 Å². The number of carbonyl (C=O) groups is 1. The molecule has 1 N–H and O–H groups in total. The highest BCUT2D eigenvalue weighted by molar-refractivity contribution is 8.01. The van der Waals surface area contributed by atoms with Crippen LogP contribution in [0.3, 0.4) is 0 Å². The Morgan fingerprint density at radius 2 is 1.89 bits per heavy atom. The van der Waals surface area contributed by atoms with E-state index in [0.717, 1.165) is 14.1 Å². The average molecular weight is 413 g/mol. The Morgan fingerprint density at radius 1 is 1.14 bits per heavy atom. The smallest absolute Gasteiger partial charge is 0.408 e. The van der Waals surface area contributed by atoms with E-state index in [0.29, 0.717) is 6.54 Å². The number of aromatic nitrogens is 1. The fourth-order valence-corrected chi connectivity index (χ4v) is 4.49. The molecule has 28 heavy (non-hydrogen) atoms. The number of benzene rings is 2. The lowest BCUT2D eigenvalue weighted by Crippen LogP contribution is -2.32. The summed E-state index contributed by atoms with van der Waals surface area (Å²) >= 11 is 3.25. The topological polar surface area (TPSA) is 51.2 Å². The van der Waals surface area contributed by atoms with E-state index >= 15 is 0 Å². The van der Waals surface area contributed by atoms with Crippen LogP contribution in [-0.4, -0.2) is 16.7 Å². The molecule has 0 aliphatic carbocycles. The molecule has 0 aliphatic rings. The third-order valence-corrected chi connectivity index (χ3v) is 5.84. The Balaban J connectivity index is 1.61. The van der Waals surface area contributed by atoms with Crippen LogP contribution in [0.5, 0.6) is 0 Å². The molecule has 146 valence electrons. The second-order valence-corrected chi connectivity index (χ2v) is 9.91. The highest BCUT2D eigenvalue weighted by Gasteiger charge is 2.16. The zero-order chi connectivity index (χ0) is 20.1. The third kappa shape index (κ3) is 6.11. The zero-order valence-corrected chi connectivity index (χ0v) is 18.1. The van der Waals surface area contributed by atoms with Crippen LogP contribution in [0.1, 0.15) is 31.3 Å². The fraction of sp³-hybridized carbons (Fsp3) is 0.273. The van der Waals surface area contributed by atoms with Crippen molar-refractivity contribution in [1.29, 1.82) is 0 Å². The van der Waals surface area contributed by atoms with Gasteiger partial charge < -0.3 is 10.1 Å². The van der Waals surface area contributed by atoms with Gasteiger partial charge in [0.2, 0.25) is 0 Å². The predicted molar refractivity (Wildman–Crippen MR) is 116 cm³/mol. The zero-order valence-electron chi connectivity index (χ0n) is 16.5. The highest BCUT2D eigenvalue weighted by Crippen LogP contribution is 2.34. The van der Waals surface area contributed by atoms with Crippen LogP contribution < -0.4 is 5.32 Å². The van der Waals surface area contributed by atoms with E-state index in [4.69, 9.17) is 4.74 Å². The van der Waals surface area contributed by atoms with Gasteiger partial charge >= 0.3 is 6.09 Å². The van der Waals surface area contributed by atoms with E-state index in [1.807, 2.05) is 27.0 Å². The molecule has 0 atom stereocenters. The first-order chi connectivity index (χ1) is 13.3. The first kappa shape index (κ1) is 20.4. The van der Waals surface area contributed by atoms with Gasteiger partial charge in [-0.2, -0.15) is 0 Å². The maximum atomic E-state index is 11.8. The van der Waals surface area contributed by atoms with Crippen molar-refractivity contribution in [2.24, 2.45) is 0 Å². The fourth-order valence-electron chi connectivity index (χ4n) is 2.49. The van der Waals surface area contributed by atoms with Gasteiger partial charge in [-0.05, 0) is 51.0 Å². The number of ether oxygens (including phenoxy) is 1. The number of rotatable bonds is 5. The van der Waals surface area contributed by atoms with Gasteiger partial charge in [0.25, 0.3) is 0 Å². The van der Waals surface area contributed by atoms with Crippen molar-refractivity contribution in [2.45, 2.75) is 48.9 Å². The Hall–Kier alpha value is -2.31. The van der Waals surface area contributed by atoms with Crippen molar-refractivity contribution in [1.82, 2.24) is 10.3 Å². The Morgan fingerprint density at radius 3 is 2.61 bits per heavy atom. The predicted octanol–water partition coefficient (Wildman–Crippen LogP) is 6.29. The minimum atomic E-state index is -0.504. The van der Waals surface area contributed by atoms with E-state index in [1.165, 1.54) is 16.7 Å². The van der Waals surface area contributed by atoms with E-state index in [9.17, 15) is 4.79 Å². The number of alkyl carbamates (subject to hydrolysis) is 1. The molecular formula is C22H24N2O2S2. The van der Waals surface area contributed by atoms with Crippen LogP contribution in [0.2, 0.25) is 0 Å². The lowest BCUT2D eigenvalue weighted by atomic mass is 10.0. The molecule has 0 radical (unpaired) electrons. The number of nitrogens with one attached hydrogen (secondary N) is 1. The lowest BCUT2D eigenvalue weighted by molar-refractivity contribution is 0.0523. The van der Waals surface area contributed by atoms with Crippen LogP contribution in [0.4, 0.5) is 4.79 Å². The van der Waals surface area contributed by atoms with E-state index in [-0.39, 0.29) is 0 Å². The summed E-state index contributed by atoms with van der Waals surface area (Å²) in [6.07, 6.45) is 1.42. The highest BCUT2D eigenvalue weighted by atomic mass is 32.2. The molecule has 0 bridgehead atoms. The van der Waals surface area contributed by atoms with Gasteiger partial charge in [-0.15, -0.1) is 11.3 Å². The molecular weight excluding hydrogens is 388 g/mol. The molecule has 4 nitrogen and oxygen atoms in total. The molecule has 0 aliphatic heterocycles. The Labute approximate surface area is 174 Å². The summed E-state index contributed by atoms with van der Waals surface area (Å²) < 4.78 is 6.33. The molecule has 3 rings (SSSR count). The maximum Gasteiger partial charge on any atom is 0.408 e. The number of aryl methyl sites for hydroxylation is 1. The normalized spacial score (nSPS) is 11.3. The summed E-state index contributed by atoms with van der Waals surface area (Å²) in [5.41, 5.74) is 3.16. The Kier molecular flexibility index (Phi) is 6.42. The standard InChI is InChI=1S/C22H24N2O2S2/c1-15-8-10-16(11-9-15)17-6-5-7-18(12-17)27-20-14-23-19(28-20)13-24-21(25)26-22(2,3)4/h5-12,14H,13H2,1-4H3,(H,24,25). The molecule has 6 heteroatoms. The summed E-state index contributed by atoms with van der Waals surface area (Å²) in [5.74, 6) is 0. The molecule has 1 heterocycles. The van der Waals surface area contributed by atoms with Crippen molar-refractivity contribution >= 4 is 29.2 Å². The first-order valence-electron chi connectivity index (χ1n) is 9.05. The molecule has 0 fully saturated rings. The van der Waals surface area contributed by atoms with Crippen LogP contribution in [0, 0.1) is 6.92 Å². The van der Waals surface area contributed by atoms with Crippen molar-refractivity contribution in [3.63, 3.8) is 0 Å². The second kappa shape index (κ2) is 8.80. The van der Waals surface area contributed by atoms with Crippen molar-refractivity contribution in [2.75, 3.05) is 0 Å².